The number of rotatable bonds is 7. The van der Waals surface area contributed by atoms with Gasteiger partial charge < -0.3 is 14.4 Å². The SMILES string of the molecule is CC(C)(C)c1cc(N2[CH-]N(c3[c-]c(C(C)(C)c4[c-]c5c(cc4)c4ccccc4n5-c4cc(C(C)(C)c5cc(C(C)(C)C)cc(C(C)(C)C)c5)ccn4)ccc3)c3ccccc32)cc(C(C)(C)C)c1.[Pt]. The van der Waals surface area contributed by atoms with E-state index in [9.17, 15) is 0 Å². The molecule has 360 valence electrons. The summed E-state index contributed by atoms with van der Waals surface area (Å²) < 4.78 is 2.32. The molecule has 1 aliphatic heterocycles. The molecule has 0 fully saturated rings. The van der Waals surface area contributed by atoms with Crippen molar-refractivity contribution in [3.8, 4) is 5.82 Å². The molecular formula is C64H71N4Pt-3. The fraction of sp³-hybridized carbons (Fsp3) is 0.344. The molecule has 0 saturated carbocycles. The van der Waals surface area contributed by atoms with Crippen molar-refractivity contribution >= 4 is 44.6 Å². The summed E-state index contributed by atoms with van der Waals surface area (Å²) in [4.78, 5) is 9.76. The molecule has 1 aliphatic rings. The van der Waals surface area contributed by atoms with Crippen molar-refractivity contribution in [2.45, 2.75) is 143 Å². The Hall–Kier alpha value is -5.44. The van der Waals surface area contributed by atoms with Gasteiger partial charge in [-0.15, -0.1) is 17.7 Å². The minimum atomic E-state index is -0.437. The summed E-state index contributed by atoms with van der Waals surface area (Å²) in [5.41, 5.74) is 16.0. The molecule has 69 heavy (non-hydrogen) atoms. The van der Waals surface area contributed by atoms with E-state index in [1.807, 2.05) is 6.20 Å². The Morgan fingerprint density at radius 1 is 0.435 bits per heavy atom. The third-order valence-electron chi connectivity index (χ3n) is 14.6. The van der Waals surface area contributed by atoms with Crippen LogP contribution in [0.15, 0.2) is 134 Å². The summed E-state index contributed by atoms with van der Waals surface area (Å²) in [5.74, 6) is 0.889. The van der Waals surface area contributed by atoms with Crippen molar-refractivity contribution < 1.29 is 21.1 Å². The smallest absolute Gasteiger partial charge is 0.135 e. The number of para-hydroxylation sites is 3. The predicted octanol–water partition coefficient (Wildman–Crippen LogP) is 17.0. The molecule has 0 aliphatic carbocycles. The number of benzene rings is 6. The van der Waals surface area contributed by atoms with E-state index in [-0.39, 0.29) is 48.1 Å². The van der Waals surface area contributed by atoms with Crippen LogP contribution in [0.1, 0.15) is 155 Å². The van der Waals surface area contributed by atoms with Gasteiger partial charge in [-0.25, -0.2) is 4.98 Å². The van der Waals surface area contributed by atoms with Gasteiger partial charge in [-0.05, 0) is 108 Å². The standard InChI is InChI=1S/C64H71N4.Pt/c1-59(2,3)45-32-46(60(4,5)6)35-49(34-45)64(15,16)44-30-31-65-58(40-44)68-54-25-18-17-24-52(54)53-29-28-43(39-57(53)68)63(13,14)42-22-21-23-50(36-42)66-41-67(56-27-20-19-26-55(56)66)51-37-47(61(7,8)9)33-48(38-51)62(10,11)12;/h17-35,37-38,40-41H,1-16H3;/q-3;. The molecule has 6 aromatic carbocycles. The van der Waals surface area contributed by atoms with Crippen LogP contribution < -0.4 is 9.80 Å². The molecule has 0 radical (unpaired) electrons. The van der Waals surface area contributed by atoms with Crippen LogP contribution >= 0.6 is 0 Å². The zero-order valence-corrected chi connectivity index (χ0v) is 46.2. The van der Waals surface area contributed by atoms with Crippen molar-refractivity contribution in [1.29, 1.82) is 0 Å². The number of pyridine rings is 1. The van der Waals surface area contributed by atoms with Crippen LogP contribution in [0.4, 0.5) is 22.7 Å². The van der Waals surface area contributed by atoms with Crippen molar-refractivity contribution in [2.24, 2.45) is 0 Å². The second-order valence-electron chi connectivity index (χ2n) is 24.5. The normalized spacial score (nSPS) is 13.9. The summed E-state index contributed by atoms with van der Waals surface area (Å²) in [5, 5.41) is 2.34. The van der Waals surface area contributed by atoms with Crippen LogP contribution in [-0.2, 0) is 53.6 Å². The zero-order valence-electron chi connectivity index (χ0n) is 43.9. The summed E-state index contributed by atoms with van der Waals surface area (Å²) in [6.45, 7) is 39.2. The molecule has 0 unspecified atom stereocenters. The average molecular weight is 1090 g/mol. The van der Waals surface area contributed by atoms with Gasteiger partial charge >= 0.3 is 0 Å². The molecule has 0 amide bonds. The second kappa shape index (κ2) is 17.4. The fourth-order valence-corrected chi connectivity index (χ4v) is 9.68. The van der Waals surface area contributed by atoms with Gasteiger partial charge in [0.1, 0.15) is 5.82 Å². The number of fused-ring (bicyclic) bond motifs is 4. The largest absolute Gasteiger partial charge is 0.493 e. The number of anilines is 4. The first-order chi connectivity index (χ1) is 31.7. The van der Waals surface area contributed by atoms with Gasteiger partial charge in [-0.3, -0.25) is 0 Å². The van der Waals surface area contributed by atoms with Gasteiger partial charge in [-0.1, -0.05) is 171 Å². The molecule has 0 saturated heterocycles. The molecule has 2 aromatic heterocycles. The molecule has 5 heteroatoms. The first-order valence-corrected chi connectivity index (χ1v) is 24.5. The Labute approximate surface area is 428 Å². The Kier molecular flexibility index (Phi) is 12.6. The summed E-state index contributed by atoms with van der Waals surface area (Å²) in [6.07, 6.45) is 1.99. The molecule has 8 aromatic rings. The third kappa shape index (κ3) is 9.24. The first-order valence-electron chi connectivity index (χ1n) is 24.5. The fourth-order valence-electron chi connectivity index (χ4n) is 9.68. The van der Waals surface area contributed by atoms with Crippen LogP contribution in [-0.4, -0.2) is 9.55 Å². The van der Waals surface area contributed by atoms with Crippen LogP contribution in [0.5, 0.6) is 0 Å². The number of aromatic nitrogens is 2. The molecule has 0 atom stereocenters. The molecule has 3 heterocycles. The number of hydrogen-bond acceptors (Lipinski definition) is 3. The zero-order chi connectivity index (χ0) is 48.9. The molecule has 0 N–H and O–H groups in total. The Morgan fingerprint density at radius 3 is 1.55 bits per heavy atom. The molecule has 0 spiro atoms. The first kappa shape index (κ1) is 50.0. The van der Waals surface area contributed by atoms with Gasteiger partial charge in [-0.2, -0.15) is 53.6 Å². The van der Waals surface area contributed by atoms with E-state index in [1.165, 1.54) is 44.5 Å². The van der Waals surface area contributed by atoms with Crippen LogP contribution in [0.2, 0.25) is 0 Å². The van der Waals surface area contributed by atoms with Crippen molar-refractivity contribution in [3.63, 3.8) is 0 Å². The Balaban J connectivity index is 0.00000642. The summed E-state index contributed by atoms with van der Waals surface area (Å²) in [7, 11) is 0. The van der Waals surface area contributed by atoms with E-state index in [0.717, 1.165) is 50.4 Å². The summed E-state index contributed by atoms with van der Waals surface area (Å²) in [6, 6.07) is 55.3. The van der Waals surface area contributed by atoms with E-state index < -0.39 is 5.41 Å². The van der Waals surface area contributed by atoms with Gasteiger partial charge in [0.05, 0.1) is 0 Å². The van der Waals surface area contributed by atoms with Crippen molar-refractivity contribution in [2.75, 3.05) is 9.80 Å². The van der Waals surface area contributed by atoms with Gasteiger partial charge in [0.2, 0.25) is 0 Å². The van der Waals surface area contributed by atoms with E-state index in [2.05, 4.69) is 271 Å². The van der Waals surface area contributed by atoms with Gasteiger partial charge in [0, 0.05) is 55.3 Å². The van der Waals surface area contributed by atoms with E-state index >= 15 is 0 Å². The maximum Gasteiger partial charge on any atom is 0.135 e. The quantitative estimate of drug-likeness (QED) is 0.149. The average Bonchev–Trinajstić information content (AvgIpc) is 3.84. The molecule has 9 rings (SSSR count). The molecular weight excluding hydrogens is 1020 g/mol. The van der Waals surface area contributed by atoms with E-state index in [1.54, 1.807) is 0 Å². The van der Waals surface area contributed by atoms with Crippen molar-refractivity contribution in [1.82, 2.24) is 9.55 Å². The summed E-state index contributed by atoms with van der Waals surface area (Å²) >= 11 is 0. The van der Waals surface area contributed by atoms with Gasteiger partial charge in [0.15, 0.2) is 0 Å². The van der Waals surface area contributed by atoms with Crippen LogP contribution in [0.25, 0.3) is 27.6 Å². The van der Waals surface area contributed by atoms with Gasteiger partial charge in [0.25, 0.3) is 0 Å². The number of nitrogens with zero attached hydrogens (tertiary/aromatic N) is 4. The monoisotopic (exact) mass is 1090 g/mol. The third-order valence-corrected chi connectivity index (χ3v) is 14.6. The maximum atomic E-state index is 5.11. The van der Waals surface area contributed by atoms with Crippen molar-refractivity contribution in [3.05, 3.63) is 197 Å². The van der Waals surface area contributed by atoms with E-state index in [0.29, 0.717) is 0 Å². The molecule has 0 bridgehead atoms. The minimum Gasteiger partial charge on any atom is -0.493 e. The second-order valence-corrected chi connectivity index (χ2v) is 24.5. The number of hydrogen-bond donors (Lipinski definition) is 0. The Bertz CT molecular complexity index is 3150. The topological polar surface area (TPSA) is 24.3 Å². The van der Waals surface area contributed by atoms with Crippen LogP contribution in [0.3, 0.4) is 0 Å². The Morgan fingerprint density at radius 2 is 0.957 bits per heavy atom. The van der Waals surface area contributed by atoms with E-state index in [4.69, 9.17) is 4.98 Å². The predicted molar refractivity (Wildman–Crippen MR) is 290 cm³/mol. The minimum absolute atomic E-state index is 0. The van der Waals surface area contributed by atoms with Crippen LogP contribution in [0, 0.1) is 18.8 Å². The maximum absolute atomic E-state index is 5.11. The molecule has 4 nitrogen and oxygen atoms in total.